The average Bonchev–Trinajstić information content (AvgIpc) is 3.10. The van der Waals surface area contributed by atoms with Crippen molar-refractivity contribution in [2.75, 3.05) is 0 Å². The molecule has 0 spiro atoms. The lowest BCUT2D eigenvalue weighted by Crippen LogP contribution is -2.22. The summed E-state index contributed by atoms with van der Waals surface area (Å²) in [5.41, 5.74) is 0.845. The van der Waals surface area contributed by atoms with Crippen molar-refractivity contribution in [2.24, 2.45) is 0 Å². The summed E-state index contributed by atoms with van der Waals surface area (Å²) in [6, 6.07) is 20.0. The van der Waals surface area contributed by atoms with Gasteiger partial charge in [0.2, 0.25) is 0 Å². The molecule has 14 heteroatoms. The van der Waals surface area contributed by atoms with Crippen LogP contribution in [0, 0.1) is 47.9 Å². The van der Waals surface area contributed by atoms with E-state index in [4.69, 9.17) is 9.47 Å². The lowest BCUT2D eigenvalue weighted by molar-refractivity contribution is -0.385. The number of nitrogens with zero attached hydrogens (tertiary/aromatic N) is 2. The first-order valence-electron chi connectivity index (χ1n) is 17.2. The van der Waals surface area contributed by atoms with Crippen molar-refractivity contribution >= 4 is 11.4 Å². The van der Waals surface area contributed by atoms with Crippen LogP contribution in [0.2, 0.25) is 0 Å². The van der Waals surface area contributed by atoms with E-state index >= 15 is 0 Å². The lowest BCUT2D eigenvalue weighted by atomic mass is 9.74. The highest BCUT2D eigenvalue weighted by Gasteiger charge is 2.38. The van der Waals surface area contributed by atoms with E-state index in [9.17, 15) is 46.6 Å². The van der Waals surface area contributed by atoms with Crippen LogP contribution in [-0.4, -0.2) is 9.85 Å². The Hall–Kier alpha value is -5.92. The Labute approximate surface area is 319 Å². The van der Waals surface area contributed by atoms with Gasteiger partial charge in [-0.05, 0) is 84.3 Å². The number of nitro benzene ring substituents is 2. The van der Waals surface area contributed by atoms with Gasteiger partial charge >= 0.3 is 12.4 Å². The predicted octanol–water partition coefficient (Wildman–Crippen LogP) is 13.0. The van der Waals surface area contributed by atoms with E-state index in [1.54, 1.807) is 27.7 Å². The fraction of sp³-hybridized carbons (Fsp3) is 0.286. The molecule has 0 radical (unpaired) electrons. The number of aryl methyl sites for hydroxylation is 4. The van der Waals surface area contributed by atoms with Crippen LogP contribution < -0.4 is 9.47 Å². The van der Waals surface area contributed by atoms with Crippen molar-refractivity contribution in [2.45, 2.75) is 78.6 Å². The minimum Gasteiger partial charge on any atom is -0.456 e. The average molecular weight is 781 g/mol. The van der Waals surface area contributed by atoms with Crippen molar-refractivity contribution in [1.29, 1.82) is 0 Å². The van der Waals surface area contributed by atoms with Crippen LogP contribution in [0.15, 0.2) is 84.9 Å². The molecule has 56 heavy (non-hydrogen) atoms. The number of benzene rings is 5. The van der Waals surface area contributed by atoms with Gasteiger partial charge in [-0.25, -0.2) is 0 Å². The van der Waals surface area contributed by atoms with E-state index in [2.05, 4.69) is 0 Å². The molecule has 0 aliphatic heterocycles. The lowest BCUT2D eigenvalue weighted by Gasteiger charge is -2.31. The van der Waals surface area contributed by atoms with Crippen molar-refractivity contribution in [1.82, 2.24) is 0 Å². The van der Waals surface area contributed by atoms with Gasteiger partial charge in [0.1, 0.15) is 34.1 Å². The zero-order chi connectivity index (χ0) is 41.7. The van der Waals surface area contributed by atoms with Crippen molar-refractivity contribution in [3.63, 3.8) is 0 Å². The number of non-ortho nitro benzene ring substituents is 2. The predicted molar refractivity (Wildman–Crippen MR) is 199 cm³/mol. The Morgan fingerprint density at radius 1 is 0.464 bits per heavy atom. The Kier molecular flexibility index (Phi) is 10.8. The largest absolute Gasteiger partial charge is 0.456 e. The molecule has 0 aromatic heterocycles. The number of nitro groups is 2. The maximum Gasteiger partial charge on any atom is 0.420 e. The van der Waals surface area contributed by atoms with E-state index in [1.807, 2.05) is 76.2 Å². The summed E-state index contributed by atoms with van der Waals surface area (Å²) in [4.78, 5) is 20.5. The Morgan fingerprint density at radius 2 is 0.750 bits per heavy atom. The molecular weight excluding hydrogens is 742 g/mol. The van der Waals surface area contributed by atoms with Crippen LogP contribution in [0.5, 0.6) is 23.0 Å². The first-order valence-corrected chi connectivity index (χ1v) is 17.2. The first kappa shape index (κ1) is 41.2. The molecule has 5 aromatic rings. The number of halogens is 6. The quantitative estimate of drug-likeness (QED) is 0.0794. The molecule has 0 aliphatic carbocycles. The van der Waals surface area contributed by atoms with E-state index in [0.29, 0.717) is 34.4 Å². The summed E-state index contributed by atoms with van der Waals surface area (Å²) < 4.78 is 94.6. The Bertz CT molecular complexity index is 2140. The fourth-order valence-electron chi connectivity index (χ4n) is 6.69. The van der Waals surface area contributed by atoms with Crippen LogP contribution >= 0.6 is 0 Å². The maximum absolute atomic E-state index is 13.8. The highest BCUT2D eigenvalue weighted by Crippen LogP contribution is 2.45. The van der Waals surface area contributed by atoms with Crippen LogP contribution in [0.25, 0.3) is 0 Å². The molecule has 0 atom stereocenters. The van der Waals surface area contributed by atoms with Gasteiger partial charge in [-0.2, -0.15) is 26.3 Å². The second-order valence-corrected chi connectivity index (χ2v) is 14.8. The van der Waals surface area contributed by atoms with Gasteiger partial charge in [0.15, 0.2) is 0 Å². The van der Waals surface area contributed by atoms with Gasteiger partial charge in [0.25, 0.3) is 11.4 Å². The van der Waals surface area contributed by atoms with Gasteiger partial charge in [-0.3, -0.25) is 20.2 Å². The van der Waals surface area contributed by atoms with Crippen LogP contribution in [0.4, 0.5) is 37.7 Å². The smallest absolute Gasteiger partial charge is 0.420 e. The molecule has 8 nitrogen and oxygen atoms in total. The number of alkyl halides is 6. The summed E-state index contributed by atoms with van der Waals surface area (Å²) in [7, 11) is 0. The third kappa shape index (κ3) is 8.19. The van der Waals surface area contributed by atoms with E-state index in [0.717, 1.165) is 46.5 Å². The maximum atomic E-state index is 13.8. The highest BCUT2D eigenvalue weighted by molar-refractivity contribution is 5.55. The van der Waals surface area contributed by atoms with Crippen molar-refractivity contribution in [3.05, 3.63) is 161 Å². The molecular formula is C42H38F6N2O6. The van der Waals surface area contributed by atoms with E-state index in [1.165, 1.54) is 0 Å². The molecule has 0 saturated carbocycles. The number of rotatable bonds is 10. The van der Waals surface area contributed by atoms with Crippen molar-refractivity contribution in [3.8, 4) is 23.0 Å². The molecule has 0 aliphatic rings. The standard InChI is InChI=1S/C42H38F6N2O6/c1-23-17-29(18-24(2)37(23)55-35-15-13-31(49(51)52)21-33(35)41(43,44)45)39(5,6)27-9-11-28(12-10-27)40(7,8)30-19-25(3)38(26(4)20-30)56-36-16-14-32(50(53)54)22-34(36)42(46,47)48/h9-22H,1-8H3. The van der Waals surface area contributed by atoms with Gasteiger partial charge in [-0.1, -0.05) is 76.2 Å². The van der Waals surface area contributed by atoms with Crippen LogP contribution in [-0.2, 0) is 23.2 Å². The third-order valence-corrected chi connectivity index (χ3v) is 10.1. The molecule has 0 unspecified atom stereocenters. The zero-order valence-corrected chi connectivity index (χ0v) is 31.7. The van der Waals surface area contributed by atoms with E-state index in [-0.39, 0.29) is 11.5 Å². The number of hydrogen-bond donors (Lipinski definition) is 0. The molecule has 0 N–H and O–H groups in total. The third-order valence-electron chi connectivity index (χ3n) is 10.1. The zero-order valence-electron chi connectivity index (χ0n) is 31.7. The van der Waals surface area contributed by atoms with E-state index < -0.39 is 67.0 Å². The van der Waals surface area contributed by atoms with Crippen LogP contribution in [0.3, 0.4) is 0 Å². The molecule has 0 fully saturated rings. The molecule has 0 saturated heterocycles. The van der Waals surface area contributed by atoms with Gasteiger partial charge < -0.3 is 9.47 Å². The molecule has 294 valence electrons. The molecule has 0 amide bonds. The first-order chi connectivity index (χ1) is 25.8. The topological polar surface area (TPSA) is 105 Å². The van der Waals surface area contributed by atoms with Crippen molar-refractivity contribution < 1.29 is 45.7 Å². The highest BCUT2D eigenvalue weighted by atomic mass is 19.4. The van der Waals surface area contributed by atoms with Gasteiger partial charge in [0, 0.05) is 35.1 Å². The normalized spacial score (nSPS) is 12.4. The monoisotopic (exact) mass is 780 g/mol. The second-order valence-electron chi connectivity index (χ2n) is 14.8. The summed E-state index contributed by atoms with van der Waals surface area (Å²) in [6.45, 7) is 14.9. The number of ether oxygens (including phenoxy) is 2. The summed E-state index contributed by atoms with van der Waals surface area (Å²) in [5.74, 6) is -0.688. The number of hydrogen-bond acceptors (Lipinski definition) is 6. The summed E-state index contributed by atoms with van der Waals surface area (Å²) in [6.07, 6.45) is -9.77. The second kappa shape index (κ2) is 14.6. The fourth-order valence-corrected chi connectivity index (χ4v) is 6.69. The molecule has 5 aromatic carbocycles. The SMILES string of the molecule is Cc1cc(C(C)(C)c2ccc(C(C)(C)c3cc(C)c(Oc4ccc([N+](=O)[O-])cc4C(F)(F)F)c(C)c3)cc2)cc(C)c1Oc1ccc([N+](=O)[O-])cc1C(F)(F)F. The molecule has 0 bridgehead atoms. The minimum atomic E-state index is -4.89. The Morgan fingerprint density at radius 3 is 1.00 bits per heavy atom. The summed E-state index contributed by atoms with van der Waals surface area (Å²) >= 11 is 0. The summed E-state index contributed by atoms with van der Waals surface area (Å²) in [5, 5.41) is 22.3. The Balaban J connectivity index is 1.41. The molecule has 5 rings (SSSR count). The van der Waals surface area contributed by atoms with Gasteiger partial charge in [0.05, 0.1) is 9.85 Å². The minimum absolute atomic E-state index is 0.205. The van der Waals surface area contributed by atoms with Crippen LogP contribution in [0.1, 0.15) is 83.3 Å². The van der Waals surface area contributed by atoms with Gasteiger partial charge in [-0.15, -0.1) is 0 Å². The molecule has 0 heterocycles.